The molecular weight excluding hydrogens is 350 g/mol. The van der Waals surface area contributed by atoms with Gasteiger partial charge in [0.2, 0.25) is 18.5 Å². The first kappa shape index (κ1) is 16.9. The SMILES string of the molecule is O=C(COc1ccccc1)C1=NNC(C(=O)Nc2ccc3c(c2)OCO3)C1. The van der Waals surface area contributed by atoms with Crippen LogP contribution in [0.3, 0.4) is 0 Å². The minimum atomic E-state index is -0.619. The van der Waals surface area contributed by atoms with E-state index in [1.807, 2.05) is 18.2 Å². The molecule has 2 N–H and O–H groups in total. The first-order valence-corrected chi connectivity index (χ1v) is 8.43. The third-order valence-electron chi connectivity index (χ3n) is 4.14. The van der Waals surface area contributed by atoms with Crippen molar-refractivity contribution in [1.82, 2.24) is 5.43 Å². The molecule has 0 aromatic heterocycles. The molecule has 1 unspecified atom stereocenters. The second-order valence-electron chi connectivity index (χ2n) is 6.03. The van der Waals surface area contributed by atoms with Crippen molar-refractivity contribution in [2.75, 3.05) is 18.7 Å². The Labute approximate surface area is 155 Å². The van der Waals surface area contributed by atoms with Crippen molar-refractivity contribution in [1.29, 1.82) is 0 Å². The summed E-state index contributed by atoms with van der Waals surface area (Å²) in [4.78, 5) is 24.6. The van der Waals surface area contributed by atoms with E-state index in [0.717, 1.165) is 0 Å². The Morgan fingerprint density at radius 2 is 1.96 bits per heavy atom. The van der Waals surface area contributed by atoms with Crippen LogP contribution < -0.4 is 25.0 Å². The maximum Gasteiger partial charge on any atom is 0.248 e. The first-order chi connectivity index (χ1) is 13.2. The molecule has 2 heterocycles. The number of Topliss-reactive ketones (excluding diaryl/α,β-unsaturated/α-hetero) is 1. The van der Waals surface area contributed by atoms with Gasteiger partial charge in [0.25, 0.3) is 0 Å². The quantitative estimate of drug-likeness (QED) is 0.807. The lowest BCUT2D eigenvalue weighted by atomic mass is 10.1. The molecule has 8 nitrogen and oxygen atoms in total. The number of ether oxygens (including phenoxy) is 3. The molecule has 8 heteroatoms. The molecule has 0 bridgehead atoms. The number of anilines is 1. The molecular formula is C19H17N3O5. The molecule has 1 atom stereocenters. The summed E-state index contributed by atoms with van der Waals surface area (Å²) in [6, 6.07) is 13.6. The fourth-order valence-electron chi connectivity index (χ4n) is 2.72. The smallest absolute Gasteiger partial charge is 0.248 e. The number of benzene rings is 2. The zero-order valence-electron chi connectivity index (χ0n) is 14.3. The maximum atomic E-state index is 12.4. The topological polar surface area (TPSA) is 98.2 Å². The number of hydrogen-bond acceptors (Lipinski definition) is 7. The van der Waals surface area contributed by atoms with E-state index in [9.17, 15) is 9.59 Å². The highest BCUT2D eigenvalue weighted by molar-refractivity contribution is 6.41. The van der Waals surface area contributed by atoms with Crippen molar-refractivity contribution in [3.05, 3.63) is 48.5 Å². The van der Waals surface area contributed by atoms with E-state index in [4.69, 9.17) is 14.2 Å². The largest absolute Gasteiger partial charge is 0.485 e. The molecule has 0 aliphatic carbocycles. The Balaban J connectivity index is 1.29. The summed E-state index contributed by atoms with van der Waals surface area (Å²) in [5, 5.41) is 6.76. The van der Waals surface area contributed by atoms with Crippen LogP contribution in [0, 0.1) is 0 Å². The lowest BCUT2D eigenvalue weighted by Gasteiger charge is -2.11. The number of fused-ring (bicyclic) bond motifs is 1. The number of hydrogen-bond donors (Lipinski definition) is 2. The zero-order chi connectivity index (χ0) is 18.6. The summed E-state index contributed by atoms with van der Waals surface area (Å²) in [7, 11) is 0. The molecule has 0 spiro atoms. The monoisotopic (exact) mass is 367 g/mol. The number of amides is 1. The Morgan fingerprint density at radius 3 is 2.81 bits per heavy atom. The lowest BCUT2D eigenvalue weighted by molar-refractivity contribution is -0.117. The van der Waals surface area contributed by atoms with Crippen molar-refractivity contribution in [3.63, 3.8) is 0 Å². The highest BCUT2D eigenvalue weighted by Gasteiger charge is 2.29. The van der Waals surface area contributed by atoms with E-state index in [1.165, 1.54) is 0 Å². The molecule has 0 radical (unpaired) electrons. The van der Waals surface area contributed by atoms with Crippen LogP contribution in [0.2, 0.25) is 0 Å². The van der Waals surface area contributed by atoms with Crippen molar-refractivity contribution < 1.29 is 23.8 Å². The van der Waals surface area contributed by atoms with Crippen LogP contribution in [0.15, 0.2) is 53.6 Å². The van der Waals surface area contributed by atoms with Crippen molar-refractivity contribution in [2.24, 2.45) is 5.10 Å². The van der Waals surface area contributed by atoms with Gasteiger partial charge in [-0.1, -0.05) is 18.2 Å². The van der Waals surface area contributed by atoms with Gasteiger partial charge in [-0.05, 0) is 24.3 Å². The maximum absolute atomic E-state index is 12.4. The molecule has 0 saturated carbocycles. The van der Waals surface area contributed by atoms with Gasteiger partial charge in [0.15, 0.2) is 18.1 Å². The van der Waals surface area contributed by atoms with Gasteiger partial charge in [0.05, 0.1) is 0 Å². The molecule has 4 rings (SSSR count). The van der Waals surface area contributed by atoms with Crippen LogP contribution >= 0.6 is 0 Å². The fourth-order valence-corrected chi connectivity index (χ4v) is 2.72. The van der Waals surface area contributed by atoms with Gasteiger partial charge in [-0.3, -0.25) is 15.0 Å². The van der Waals surface area contributed by atoms with Crippen molar-refractivity contribution in [3.8, 4) is 17.2 Å². The standard InChI is InChI=1S/C19H17N3O5/c23-16(10-25-13-4-2-1-3-5-13)14-9-15(22-21-14)19(24)20-12-6-7-17-18(8-12)27-11-26-17/h1-8,15,22H,9-11H2,(H,20,24). The van der Waals surface area contributed by atoms with Crippen LogP contribution in [0.1, 0.15) is 6.42 Å². The predicted octanol–water partition coefficient (Wildman–Crippen LogP) is 1.72. The van der Waals surface area contributed by atoms with E-state index in [2.05, 4.69) is 15.8 Å². The van der Waals surface area contributed by atoms with E-state index >= 15 is 0 Å². The fraction of sp³-hybridized carbons (Fsp3) is 0.211. The number of carbonyl (C=O) groups excluding carboxylic acids is 2. The molecule has 0 fully saturated rings. The normalized spacial score (nSPS) is 17.0. The zero-order valence-corrected chi connectivity index (χ0v) is 14.3. The summed E-state index contributed by atoms with van der Waals surface area (Å²) < 4.78 is 16.0. The minimum Gasteiger partial charge on any atom is -0.485 e. The molecule has 2 aromatic carbocycles. The van der Waals surface area contributed by atoms with Gasteiger partial charge in [0.1, 0.15) is 17.5 Å². The van der Waals surface area contributed by atoms with Crippen molar-refractivity contribution in [2.45, 2.75) is 12.5 Å². The molecule has 27 heavy (non-hydrogen) atoms. The third-order valence-corrected chi connectivity index (χ3v) is 4.14. The van der Waals surface area contributed by atoms with Crippen LogP contribution in [-0.4, -0.2) is 36.8 Å². The summed E-state index contributed by atoms with van der Waals surface area (Å²) in [5.74, 6) is 1.28. The third kappa shape index (κ3) is 3.84. The molecule has 2 aliphatic heterocycles. The number of ketones is 1. The van der Waals surface area contributed by atoms with Crippen LogP contribution in [0.5, 0.6) is 17.2 Å². The predicted molar refractivity (Wildman–Crippen MR) is 97.1 cm³/mol. The highest BCUT2D eigenvalue weighted by atomic mass is 16.7. The van der Waals surface area contributed by atoms with E-state index in [1.54, 1.807) is 30.3 Å². The number of carbonyl (C=O) groups is 2. The molecule has 2 aromatic rings. The number of para-hydroxylation sites is 1. The highest BCUT2D eigenvalue weighted by Crippen LogP contribution is 2.34. The van der Waals surface area contributed by atoms with Gasteiger partial charge >= 0.3 is 0 Å². The van der Waals surface area contributed by atoms with Gasteiger partial charge in [0, 0.05) is 18.2 Å². The van der Waals surface area contributed by atoms with Crippen molar-refractivity contribution >= 4 is 23.1 Å². The van der Waals surface area contributed by atoms with Gasteiger partial charge in [-0.25, -0.2) is 0 Å². The molecule has 2 aliphatic rings. The van der Waals surface area contributed by atoms with Gasteiger partial charge in [-0.15, -0.1) is 0 Å². The Morgan fingerprint density at radius 1 is 1.15 bits per heavy atom. The summed E-state index contributed by atoms with van der Waals surface area (Å²) in [6.45, 7) is 0.0440. The second kappa shape index (κ2) is 7.36. The van der Waals surface area contributed by atoms with E-state index in [-0.39, 0.29) is 37.2 Å². The number of hydrazone groups is 1. The average Bonchev–Trinajstić information content (AvgIpc) is 3.36. The molecule has 138 valence electrons. The molecule has 1 amide bonds. The van der Waals surface area contributed by atoms with Crippen LogP contribution in [0.25, 0.3) is 0 Å². The van der Waals surface area contributed by atoms with E-state index < -0.39 is 6.04 Å². The number of nitrogens with one attached hydrogen (secondary N) is 2. The van der Waals surface area contributed by atoms with Crippen LogP contribution in [0.4, 0.5) is 5.69 Å². The average molecular weight is 367 g/mol. The number of nitrogens with zero attached hydrogens (tertiary/aromatic N) is 1. The Bertz CT molecular complexity index is 897. The summed E-state index contributed by atoms with van der Waals surface area (Å²) in [5.41, 5.74) is 3.57. The Kier molecular flexibility index (Phi) is 4.61. The van der Waals surface area contributed by atoms with Gasteiger partial charge < -0.3 is 19.5 Å². The Hall–Kier alpha value is -3.55. The van der Waals surface area contributed by atoms with Gasteiger partial charge in [-0.2, -0.15) is 5.10 Å². The lowest BCUT2D eigenvalue weighted by Crippen LogP contribution is -2.35. The van der Waals surface area contributed by atoms with E-state index in [0.29, 0.717) is 22.9 Å². The van der Waals surface area contributed by atoms with Crippen LogP contribution in [-0.2, 0) is 9.59 Å². The molecule has 0 saturated heterocycles. The minimum absolute atomic E-state index is 0.124. The summed E-state index contributed by atoms with van der Waals surface area (Å²) >= 11 is 0. The number of rotatable bonds is 6. The second-order valence-corrected chi connectivity index (χ2v) is 6.03. The first-order valence-electron chi connectivity index (χ1n) is 8.43. The summed E-state index contributed by atoms with van der Waals surface area (Å²) in [6.07, 6.45) is 0.202.